The van der Waals surface area contributed by atoms with E-state index in [1.54, 1.807) is 18.3 Å². The zero-order chi connectivity index (χ0) is 18.6. The lowest BCUT2D eigenvalue weighted by Gasteiger charge is -2.28. The van der Waals surface area contributed by atoms with Crippen LogP contribution in [0.3, 0.4) is 0 Å². The number of morpholine rings is 1. The van der Waals surface area contributed by atoms with Gasteiger partial charge in [-0.2, -0.15) is 14.9 Å². The third-order valence-electron chi connectivity index (χ3n) is 4.32. The van der Waals surface area contributed by atoms with Crippen LogP contribution < -0.4 is 4.90 Å². The number of hydrogen-bond donors (Lipinski definition) is 1. The Balaban J connectivity index is 1.56. The van der Waals surface area contributed by atoms with E-state index in [2.05, 4.69) is 32.3 Å². The van der Waals surface area contributed by atoms with Crippen molar-refractivity contribution in [3.05, 3.63) is 64.7 Å². The second-order valence-corrected chi connectivity index (χ2v) is 6.50. The van der Waals surface area contributed by atoms with Crippen molar-refractivity contribution in [1.82, 2.24) is 14.9 Å². The summed E-state index contributed by atoms with van der Waals surface area (Å²) in [6.45, 7) is 3.30. The number of benzene rings is 2. The van der Waals surface area contributed by atoms with Gasteiger partial charge in [-0.15, -0.1) is 0 Å². The Labute approximate surface area is 160 Å². The van der Waals surface area contributed by atoms with Gasteiger partial charge in [0.15, 0.2) is 5.82 Å². The van der Waals surface area contributed by atoms with Crippen LogP contribution in [0.25, 0.3) is 11.4 Å². The second kappa shape index (κ2) is 7.81. The Hall–Kier alpha value is -2.84. The molecule has 1 saturated heterocycles. The average Bonchev–Trinajstić information content (AvgIpc) is 3.08. The largest absolute Gasteiger partial charge is 0.378 e. The summed E-state index contributed by atoms with van der Waals surface area (Å²) in [6, 6.07) is 14.3. The molecular formula is C19H18FN5OS. The fourth-order valence-electron chi connectivity index (χ4n) is 2.93. The average molecular weight is 383 g/mol. The van der Waals surface area contributed by atoms with E-state index in [4.69, 9.17) is 17.0 Å². The van der Waals surface area contributed by atoms with E-state index in [0.29, 0.717) is 16.2 Å². The van der Waals surface area contributed by atoms with E-state index < -0.39 is 0 Å². The number of nitrogens with one attached hydrogen (secondary N) is 1. The molecule has 1 N–H and O–H groups in total. The normalized spacial score (nSPS) is 14.8. The van der Waals surface area contributed by atoms with Crippen LogP contribution in [-0.4, -0.2) is 47.4 Å². The Bertz CT molecular complexity index is 1010. The number of anilines is 1. The summed E-state index contributed by atoms with van der Waals surface area (Å²) in [5.41, 5.74) is 2.69. The lowest BCUT2D eigenvalue weighted by Crippen LogP contribution is -2.36. The lowest BCUT2D eigenvalue weighted by molar-refractivity contribution is 0.122. The maximum atomic E-state index is 13.5. The summed E-state index contributed by atoms with van der Waals surface area (Å²) in [5, 5.41) is 11.3. The maximum Gasteiger partial charge on any atom is 0.216 e. The summed E-state index contributed by atoms with van der Waals surface area (Å²) in [7, 11) is 0. The highest BCUT2D eigenvalue weighted by molar-refractivity contribution is 7.71. The van der Waals surface area contributed by atoms with E-state index in [9.17, 15) is 4.39 Å². The topological polar surface area (TPSA) is 58.4 Å². The molecule has 0 radical (unpaired) electrons. The molecule has 0 atom stereocenters. The van der Waals surface area contributed by atoms with E-state index in [-0.39, 0.29) is 5.82 Å². The predicted molar refractivity (Wildman–Crippen MR) is 105 cm³/mol. The van der Waals surface area contributed by atoms with Crippen molar-refractivity contribution in [2.24, 2.45) is 5.10 Å². The molecule has 0 aliphatic carbocycles. The standard InChI is InChI=1S/C19H18FN5OS/c20-16-3-1-2-15(12-16)18-22-23-19(27)25(18)21-13-14-4-6-17(7-5-14)24-8-10-26-11-9-24/h1-7,12-13H,8-11H2,(H,23,27)/b21-13-. The molecule has 0 spiro atoms. The van der Waals surface area contributed by atoms with Gasteiger partial charge in [-0.25, -0.2) is 9.49 Å². The van der Waals surface area contributed by atoms with Crippen molar-refractivity contribution >= 4 is 24.1 Å². The van der Waals surface area contributed by atoms with Crippen LogP contribution in [-0.2, 0) is 4.74 Å². The van der Waals surface area contributed by atoms with Crippen LogP contribution >= 0.6 is 12.2 Å². The van der Waals surface area contributed by atoms with E-state index >= 15 is 0 Å². The number of hydrogen-bond acceptors (Lipinski definition) is 5. The van der Waals surface area contributed by atoms with Crippen LogP contribution in [0.4, 0.5) is 10.1 Å². The zero-order valence-corrected chi connectivity index (χ0v) is 15.3. The van der Waals surface area contributed by atoms with Gasteiger partial charge in [0.1, 0.15) is 5.82 Å². The van der Waals surface area contributed by atoms with Gasteiger partial charge in [0.2, 0.25) is 4.77 Å². The van der Waals surface area contributed by atoms with Gasteiger partial charge in [0.05, 0.1) is 19.4 Å². The first kappa shape index (κ1) is 17.6. The molecule has 1 aliphatic heterocycles. The van der Waals surface area contributed by atoms with Crippen molar-refractivity contribution < 1.29 is 9.13 Å². The monoisotopic (exact) mass is 383 g/mol. The SMILES string of the molecule is Fc1cccc(-c2n[nH]c(=S)n2/N=C\c2ccc(N3CCOCC3)cc2)c1. The van der Waals surface area contributed by atoms with Gasteiger partial charge in [-0.05, 0) is 42.0 Å². The molecule has 0 bridgehead atoms. The van der Waals surface area contributed by atoms with E-state index in [0.717, 1.165) is 37.6 Å². The fourth-order valence-corrected chi connectivity index (χ4v) is 3.11. The third-order valence-corrected chi connectivity index (χ3v) is 4.59. The molecule has 1 aromatic heterocycles. The number of H-pyrrole nitrogens is 1. The Morgan fingerprint density at radius 2 is 1.93 bits per heavy atom. The predicted octanol–water partition coefficient (Wildman–Crippen LogP) is 3.47. The molecule has 6 nitrogen and oxygen atoms in total. The highest BCUT2D eigenvalue weighted by Crippen LogP contribution is 2.19. The van der Waals surface area contributed by atoms with Crippen LogP contribution in [0.5, 0.6) is 0 Å². The molecule has 0 amide bonds. The van der Waals surface area contributed by atoms with Gasteiger partial charge in [-0.3, -0.25) is 0 Å². The van der Waals surface area contributed by atoms with Crippen LogP contribution in [0.1, 0.15) is 5.56 Å². The summed E-state index contributed by atoms with van der Waals surface area (Å²) >= 11 is 5.25. The third kappa shape index (κ3) is 3.96. The highest BCUT2D eigenvalue weighted by Gasteiger charge is 2.11. The molecule has 1 aliphatic rings. The number of halogens is 1. The first-order chi connectivity index (χ1) is 13.2. The Morgan fingerprint density at radius 1 is 1.15 bits per heavy atom. The van der Waals surface area contributed by atoms with Crippen molar-refractivity contribution in [2.75, 3.05) is 31.2 Å². The minimum absolute atomic E-state index is 0.337. The lowest BCUT2D eigenvalue weighted by atomic mass is 10.2. The van der Waals surface area contributed by atoms with Gasteiger partial charge >= 0.3 is 0 Å². The van der Waals surface area contributed by atoms with Crippen molar-refractivity contribution in [3.63, 3.8) is 0 Å². The molecule has 138 valence electrons. The smallest absolute Gasteiger partial charge is 0.216 e. The molecule has 2 heterocycles. The summed E-state index contributed by atoms with van der Waals surface area (Å²) in [5.74, 6) is 0.122. The van der Waals surface area contributed by atoms with Crippen LogP contribution in [0, 0.1) is 10.6 Å². The number of aromatic nitrogens is 3. The minimum atomic E-state index is -0.337. The molecular weight excluding hydrogens is 365 g/mol. The fraction of sp³-hybridized carbons (Fsp3) is 0.211. The molecule has 0 unspecified atom stereocenters. The number of ether oxygens (including phenoxy) is 1. The van der Waals surface area contributed by atoms with Gasteiger partial charge < -0.3 is 9.64 Å². The quantitative estimate of drug-likeness (QED) is 0.554. The first-order valence-corrected chi connectivity index (χ1v) is 9.02. The molecule has 2 aromatic carbocycles. The van der Waals surface area contributed by atoms with E-state index in [1.165, 1.54) is 16.8 Å². The molecule has 8 heteroatoms. The molecule has 4 rings (SSSR count). The maximum absolute atomic E-state index is 13.5. The molecule has 0 saturated carbocycles. The summed E-state index contributed by atoms with van der Waals surface area (Å²) in [6.07, 6.45) is 1.71. The van der Waals surface area contributed by atoms with Crippen molar-refractivity contribution in [3.8, 4) is 11.4 Å². The molecule has 3 aromatic rings. The Morgan fingerprint density at radius 3 is 2.67 bits per heavy atom. The molecule has 1 fully saturated rings. The summed E-state index contributed by atoms with van der Waals surface area (Å²) in [4.78, 5) is 2.29. The van der Waals surface area contributed by atoms with Crippen molar-refractivity contribution in [1.29, 1.82) is 0 Å². The van der Waals surface area contributed by atoms with E-state index in [1.807, 2.05) is 12.1 Å². The Kier molecular flexibility index (Phi) is 5.08. The first-order valence-electron chi connectivity index (χ1n) is 8.61. The van der Waals surface area contributed by atoms with Gasteiger partial charge in [0.25, 0.3) is 0 Å². The molecule has 27 heavy (non-hydrogen) atoms. The van der Waals surface area contributed by atoms with Crippen LogP contribution in [0.15, 0.2) is 53.6 Å². The highest BCUT2D eigenvalue weighted by atomic mass is 32.1. The van der Waals surface area contributed by atoms with Crippen molar-refractivity contribution in [2.45, 2.75) is 0 Å². The summed E-state index contributed by atoms with van der Waals surface area (Å²) < 4.78 is 20.7. The second-order valence-electron chi connectivity index (χ2n) is 6.11. The van der Waals surface area contributed by atoms with Gasteiger partial charge in [0, 0.05) is 24.3 Å². The number of aromatic amines is 1. The zero-order valence-electron chi connectivity index (χ0n) is 14.5. The number of rotatable bonds is 4. The van der Waals surface area contributed by atoms with Gasteiger partial charge in [-0.1, -0.05) is 24.3 Å². The minimum Gasteiger partial charge on any atom is -0.378 e. The van der Waals surface area contributed by atoms with Crippen LogP contribution in [0.2, 0.25) is 0 Å². The number of nitrogens with zero attached hydrogens (tertiary/aromatic N) is 4.